The molecule has 0 N–H and O–H groups in total. The number of para-hydroxylation sites is 3. The average Bonchev–Trinajstić information content (AvgIpc) is 4.16. The molecule has 73 heavy (non-hydrogen) atoms. The largest absolute Gasteiger partial charge is 0.278 e. The zero-order valence-electron chi connectivity index (χ0n) is 38.9. The molecule has 0 amide bonds. The predicted molar refractivity (Wildman–Crippen MR) is 289 cm³/mol. The minimum atomic E-state index is 0.509. The van der Waals surface area contributed by atoms with Crippen molar-refractivity contribution in [1.29, 1.82) is 0 Å². The molecule has 0 spiro atoms. The number of fused-ring (bicyclic) bond motifs is 6. The van der Waals surface area contributed by atoms with Crippen molar-refractivity contribution >= 4 is 43.6 Å². The first kappa shape index (κ1) is 41.7. The van der Waals surface area contributed by atoms with Crippen LogP contribution in [-0.4, -0.2) is 53.8 Å². The van der Waals surface area contributed by atoms with Gasteiger partial charge in [-0.3, -0.25) is 13.7 Å². The van der Waals surface area contributed by atoms with Gasteiger partial charge in [0.2, 0.25) is 11.9 Å². The van der Waals surface area contributed by atoms with Crippen LogP contribution in [0.15, 0.2) is 237 Å². The van der Waals surface area contributed by atoms with E-state index in [1.165, 1.54) is 0 Å². The van der Waals surface area contributed by atoms with Crippen LogP contribution in [0, 0.1) is 0 Å². The summed E-state index contributed by atoms with van der Waals surface area (Å²) in [6.45, 7) is 0. The summed E-state index contributed by atoms with van der Waals surface area (Å²) in [5, 5.41) is 14.3. The summed E-state index contributed by atoms with van der Waals surface area (Å²) >= 11 is 0. The SMILES string of the molecule is c1ccc(-c2nc(-c3ccccc3)nc(-n3c4ccccc4c4ccc(-c5nnc(-c6ccc7c8ccccc8n(-c8nc(-c9ccccc9)nc(-c9ccccc9)n8)c7c6)n5-c5ccccc5)cc43)n2)cc1. The molecule has 5 heterocycles. The molecule has 0 aliphatic heterocycles. The normalized spacial score (nSPS) is 11.6. The Bertz CT molecular complexity index is 3980. The van der Waals surface area contributed by atoms with Gasteiger partial charge in [-0.1, -0.05) is 200 Å². The van der Waals surface area contributed by atoms with Crippen LogP contribution < -0.4 is 0 Å². The number of hydrogen-bond donors (Lipinski definition) is 0. The van der Waals surface area contributed by atoms with Gasteiger partial charge in [0.25, 0.3) is 0 Å². The topological polar surface area (TPSA) is 118 Å². The molecule has 5 aromatic heterocycles. The molecule has 0 radical (unpaired) electrons. The lowest BCUT2D eigenvalue weighted by Gasteiger charge is -2.13. The van der Waals surface area contributed by atoms with Gasteiger partial charge in [-0.05, 0) is 36.4 Å². The Morgan fingerprint density at radius 3 is 0.918 bits per heavy atom. The number of hydrogen-bond acceptors (Lipinski definition) is 8. The minimum Gasteiger partial charge on any atom is -0.278 e. The van der Waals surface area contributed by atoms with Crippen molar-refractivity contribution in [3.05, 3.63) is 237 Å². The van der Waals surface area contributed by atoms with Crippen molar-refractivity contribution in [2.45, 2.75) is 0 Å². The second-order valence-corrected chi connectivity index (χ2v) is 17.7. The first-order valence-electron chi connectivity index (χ1n) is 24.0. The lowest BCUT2D eigenvalue weighted by molar-refractivity contribution is 0.953. The van der Waals surface area contributed by atoms with E-state index >= 15 is 0 Å². The second-order valence-electron chi connectivity index (χ2n) is 17.7. The fraction of sp³-hybridized carbons (Fsp3) is 0. The van der Waals surface area contributed by atoms with E-state index in [-0.39, 0.29) is 0 Å². The van der Waals surface area contributed by atoms with Gasteiger partial charge in [-0.2, -0.15) is 19.9 Å². The third-order valence-electron chi connectivity index (χ3n) is 13.3. The highest BCUT2D eigenvalue weighted by Gasteiger charge is 2.24. The second kappa shape index (κ2) is 17.3. The molecule has 14 aromatic rings. The Kier molecular flexibility index (Phi) is 9.88. The maximum atomic E-state index is 5.19. The van der Waals surface area contributed by atoms with Gasteiger partial charge in [0, 0.05) is 60.6 Å². The third kappa shape index (κ3) is 7.22. The molecule has 0 unspecified atom stereocenters. The average molecular weight is 938 g/mol. The molecule has 14 rings (SSSR count). The van der Waals surface area contributed by atoms with Crippen molar-refractivity contribution < 1.29 is 0 Å². The first-order valence-corrected chi connectivity index (χ1v) is 24.0. The highest BCUT2D eigenvalue weighted by atomic mass is 15.3. The molecule has 0 saturated heterocycles. The van der Waals surface area contributed by atoms with E-state index in [1.807, 2.05) is 140 Å². The number of nitrogens with zero attached hydrogens (tertiary/aromatic N) is 11. The third-order valence-corrected chi connectivity index (χ3v) is 13.3. The van der Waals surface area contributed by atoms with Gasteiger partial charge in [-0.25, -0.2) is 9.97 Å². The van der Waals surface area contributed by atoms with Gasteiger partial charge in [0.15, 0.2) is 34.9 Å². The Hall–Kier alpha value is -10.3. The lowest BCUT2D eigenvalue weighted by Crippen LogP contribution is -2.06. The summed E-state index contributed by atoms with van der Waals surface area (Å²) in [6.07, 6.45) is 0. The summed E-state index contributed by atoms with van der Waals surface area (Å²) < 4.78 is 6.41. The van der Waals surface area contributed by atoms with Gasteiger partial charge < -0.3 is 0 Å². The molecule has 11 nitrogen and oxygen atoms in total. The highest BCUT2D eigenvalue weighted by molar-refractivity contribution is 6.11. The Labute approximate surface area is 418 Å². The summed E-state index contributed by atoms with van der Waals surface area (Å²) in [6, 6.07) is 80.2. The molecule has 11 heteroatoms. The Balaban J connectivity index is 0.969. The van der Waals surface area contributed by atoms with E-state index in [0.29, 0.717) is 46.8 Å². The van der Waals surface area contributed by atoms with Gasteiger partial charge >= 0.3 is 0 Å². The van der Waals surface area contributed by atoms with Crippen molar-refractivity contribution in [2.75, 3.05) is 0 Å². The fourth-order valence-corrected chi connectivity index (χ4v) is 9.92. The van der Waals surface area contributed by atoms with E-state index in [0.717, 1.165) is 82.7 Å². The molecule has 9 aromatic carbocycles. The predicted octanol–water partition coefficient (Wildman–Crippen LogP) is 13.8. The molecule has 0 saturated carbocycles. The van der Waals surface area contributed by atoms with Crippen molar-refractivity contribution in [3.8, 4) is 85.9 Å². The molecule has 0 fully saturated rings. The Morgan fingerprint density at radius 2 is 0.548 bits per heavy atom. The molecule has 0 aliphatic rings. The zero-order chi connectivity index (χ0) is 48.2. The van der Waals surface area contributed by atoms with Crippen LogP contribution >= 0.6 is 0 Å². The Morgan fingerprint density at radius 1 is 0.233 bits per heavy atom. The minimum absolute atomic E-state index is 0.509. The smallest absolute Gasteiger partial charge is 0.238 e. The van der Waals surface area contributed by atoms with E-state index in [2.05, 4.69) is 111 Å². The van der Waals surface area contributed by atoms with Crippen molar-refractivity contribution in [1.82, 2.24) is 53.8 Å². The number of benzene rings is 9. The molecular weight excluding hydrogens is 899 g/mol. The highest BCUT2D eigenvalue weighted by Crippen LogP contribution is 2.39. The van der Waals surface area contributed by atoms with Crippen LogP contribution in [0.3, 0.4) is 0 Å². The van der Waals surface area contributed by atoms with Crippen LogP contribution in [0.4, 0.5) is 0 Å². The van der Waals surface area contributed by atoms with E-state index < -0.39 is 0 Å². The van der Waals surface area contributed by atoms with Gasteiger partial charge in [-0.15, -0.1) is 10.2 Å². The number of aromatic nitrogens is 11. The van der Waals surface area contributed by atoms with Crippen LogP contribution in [0.2, 0.25) is 0 Å². The summed E-state index contributed by atoms with van der Waals surface area (Å²) in [4.78, 5) is 30.8. The van der Waals surface area contributed by atoms with E-state index in [9.17, 15) is 0 Å². The summed E-state index contributed by atoms with van der Waals surface area (Å²) in [7, 11) is 0. The quantitative estimate of drug-likeness (QED) is 0.140. The fourth-order valence-electron chi connectivity index (χ4n) is 9.92. The van der Waals surface area contributed by atoms with Gasteiger partial charge in [0.1, 0.15) is 0 Å². The van der Waals surface area contributed by atoms with Crippen LogP contribution in [0.5, 0.6) is 0 Å². The van der Waals surface area contributed by atoms with E-state index in [1.54, 1.807) is 0 Å². The lowest BCUT2D eigenvalue weighted by atomic mass is 10.1. The van der Waals surface area contributed by atoms with Crippen molar-refractivity contribution in [3.63, 3.8) is 0 Å². The summed E-state index contributed by atoms with van der Waals surface area (Å²) in [5.74, 6) is 4.69. The molecule has 0 atom stereocenters. The molecule has 0 aliphatic carbocycles. The first-order chi connectivity index (χ1) is 36.2. The zero-order valence-corrected chi connectivity index (χ0v) is 38.9. The maximum absolute atomic E-state index is 5.19. The van der Waals surface area contributed by atoms with Crippen LogP contribution in [-0.2, 0) is 0 Å². The van der Waals surface area contributed by atoms with Crippen LogP contribution in [0.1, 0.15) is 0 Å². The summed E-state index contributed by atoms with van der Waals surface area (Å²) in [5.41, 5.74) is 10.00. The monoisotopic (exact) mass is 937 g/mol. The molecular formula is C62H39N11. The standard InChI is InChI=1S/C62H39N11/c1-6-20-40(21-7-1)55-63-56(41-22-8-2-9-23-41)66-61(65-55)72-51-32-18-16-30-47(51)49-36-34-44(38-53(49)72)59-69-70-60(71(59)46-28-14-5-15-29-46)45-35-37-50-48-31-17-19-33-52(48)73(54(50)39-45)62-67-57(42-24-10-3-11-25-42)64-58(68-62)43-26-12-4-13-27-43/h1-39H. The van der Waals surface area contributed by atoms with Crippen LogP contribution in [0.25, 0.3) is 130 Å². The maximum Gasteiger partial charge on any atom is 0.238 e. The molecule has 342 valence electrons. The molecule has 0 bridgehead atoms. The van der Waals surface area contributed by atoms with Crippen molar-refractivity contribution in [2.24, 2.45) is 0 Å². The van der Waals surface area contributed by atoms with E-state index in [4.69, 9.17) is 40.1 Å². The number of rotatable bonds is 9. The van der Waals surface area contributed by atoms with Gasteiger partial charge in [0.05, 0.1) is 22.1 Å².